The highest BCUT2D eigenvalue weighted by atomic mass is 16.2. The van der Waals surface area contributed by atoms with Gasteiger partial charge in [-0.1, -0.05) is 109 Å². The second-order valence-electron chi connectivity index (χ2n) is 9.98. The van der Waals surface area contributed by atoms with Crippen LogP contribution in [0.2, 0.25) is 0 Å². The molecule has 0 aliphatic heterocycles. The number of fused-ring (bicyclic) bond motifs is 3. The van der Waals surface area contributed by atoms with Crippen molar-refractivity contribution in [3.8, 4) is 0 Å². The van der Waals surface area contributed by atoms with Crippen LogP contribution in [0.5, 0.6) is 0 Å². The van der Waals surface area contributed by atoms with Crippen LogP contribution in [0, 0.1) is 11.8 Å². The molecule has 0 fully saturated rings. The topological polar surface area (TPSA) is 37.4 Å². The van der Waals surface area contributed by atoms with Gasteiger partial charge in [-0.15, -0.1) is 0 Å². The molecule has 2 atom stereocenters. The van der Waals surface area contributed by atoms with E-state index >= 15 is 0 Å². The van der Waals surface area contributed by atoms with E-state index in [4.69, 9.17) is 0 Å². The smallest absolute Gasteiger partial charge is 0.197 e. The first kappa shape index (κ1) is 23.1. The first-order valence-corrected chi connectivity index (χ1v) is 13.2. The van der Waals surface area contributed by atoms with Crippen molar-refractivity contribution in [2.45, 2.75) is 0 Å². The molecule has 3 heteroatoms. The predicted octanol–water partition coefficient (Wildman–Crippen LogP) is 6.16. The highest BCUT2D eigenvalue weighted by Gasteiger charge is 2.37. The van der Waals surface area contributed by atoms with Crippen LogP contribution in [0.3, 0.4) is 0 Å². The number of rotatable bonds is 4. The Bertz CT molecular complexity index is 1770. The van der Waals surface area contributed by atoms with Crippen LogP contribution in [0.25, 0.3) is 11.3 Å². The van der Waals surface area contributed by atoms with E-state index in [9.17, 15) is 9.59 Å². The Kier molecular flexibility index (Phi) is 5.56. The SMILES string of the molecule is O=C1C(=CC2=c3ccccc3=C(N(c3ccccc3)c3ccccc3)C3C=CC=CC23)C(=O)c2ccccc21. The van der Waals surface area contributed by atoms with Gasteiger partial charge in [0.1, 0.15) is 0 Å². The third kappa shape index (κ3) is 3.74. The monoisotopic (exact) mass is 503 g/mol. The Morgan fingerprint density at radius 2 is 1.03 bits per heavy atom. The number of hydrogen-bond acceptors (Lipinski definition) is 3. The number of ketones is 2. The number of nitrogens with zero attached hydrogens (tertiary/aromatic N) is 1. The second-order valence-corrected chi connectivity index (χ2v) is 9.98. The van der Waals surface area contributed by atoms with Crippen LogP contribution in [0.1, 0.15) is 20.7 Å². The summed E-state index contributed by atoms with van der Waals surface area (Å²) in [5.74, 6) is -0.423. The zero-order valence-corrected chi connectivity index (χ0v) is 21.2. The lowest BCUT2D eigenvalue weighted by atomic mass is 9.74. The highest BCUT2D eigenvalue weighted by molar-refractivity contribution is 6.40. The fraction of sp³-hybridized carbons (Fsp3) is 0.0556. The fourth-order valence-corrected chi connectivity index (χ4v) is 6.07. The Hall–Kier alpha value is -5.02. The zero-order valence-electron chi connectivity index (χ0n) is 21.2. The zero-order chi connectivity index (χ0) is 26.3. The van der Waals surface area contributed by atoms with Gasteiger partial charge in [0.25, 0.3) is 0 Å². The normalized spacial score (nSPS) is 19.0. The van der Waals surface area contributed by atoms with Crippen molar-refractivity contribution in [2.75, 3.05) is 4.90 Å². The van der Waals surface area contributed by atoms with Gasteiger partial charge in [-0.25, -0.2) is 0 Å². The van der Waals surface area contributed by atoms with E-state index < -0.39 is 0 Å². The molecule has 0 amide bonds. The van der Waals surface area contributed by atoms with Crippen molar-refractivity contribution in [1.82, 2.24) is 0 Å². The van der Waals surface area contributed by atoms with Crippen molar-refractivity contribution >= 4 is 34.2 Å². The summed E-state index contributed by atoms with van der Waals surface area (Å²) in [4.78, 5) is 29.0. The number of Topliss-reactive ketones (excluding diaryl/α,β-unsaturated/α-hetero) is 2. The number of hydrogen-bond donors (Lipinski definition) is 0. The number of para-hydroxylation sites is 2. The van der Waals surface area contributed by atoms with Gasteiger partial charge in [0, 0.05) is 45.3 Å². The minimum absolute atomic E-state index is 0.00569. The summed E-state index contributed by atoms with van der Waals surface area (Å²) < 4.78 is 0. The van der Waals surface area contributed by atoms with Gasteiger partial charge in [-0.3, -0.25) is 9.59 Å². The number of anilines is 2. The van der Waals surface area contributed by atoms with Crippen LogP contribution in [0.15, 0.2) is 145 Å². The quantitative estimate of drug-likeness (QED) is 0.247. The summed E-state index contributed by atoms with van der Waals surface area (Å²) in [6.45, 7) is 0. The molecule has 39 heavy (non-hydrogen) atoms. The molecule has 3 aliphatic carbocycles. The molecule has 0 N–H and O–H groups in total. The van der Waals surface area contributed by atoms with E-state index in [1.54, 1.807) is 12.1 Å². The molecule has 2 unspecified atom stereocenters. The molecule has 0 saturated carbocycles. The Balaban J connectivity index is 1.54. The van der Waals surface area contributed by atoms with E-state index in [1.807, 2.05) is 36.4 Å². The van der Waals surface area contributed by atoms with Gasteiger partial charge >= 0.3 is 0 Å². The van der Waals surface area contributed by atoms with Gasteiger partial charge in [-0.2, -0.15) is 0 Å². The molecule has 7 rings (SSSR count). The predicted molar refractivity (Wildman–Crippen MR) is 156 cm³/mol. The third-order valence-corrected chi connectivity index (χ3v) is 7.80. The third-order valence-electron chi connectivity index (χ3n) is 7.80. The lowest BCUT2D eigenvalue weighted by molar-refractivity contribution is 0.0988. The van der Waals surface area contributed by atoms with E-state index in [2.05, 4.69) is 95.9 Å². The van der Waals surface area contributed by atoms with Gasteiger partial charge in [0.15, 0.2) is 11.6 Å². The van der Waals surface area contributed by atoms with Crippen LogP contribution in [-0.4, -0.2) is 11.6 Å². The standard InChI is InChI=1S/C36H25NO2/c38-35-30-21-11-12-22-31(30)36(39)33(35)23-32-26-17-7-9-19-28(26)34(29-20-10-8-18-27(29)32)37(24-13-3-1-4-14-24)25-15-5-2-6-16-25/h1-23,26,28H. The average molecular weight is 504 g/mol. The first-order valence-electron chi connectivity index (χ1n) is 13.2. The Labute approximate surface area is 227 Å². The minimum Gasteiger partial charge on any atom is -0.313 e. The minimum atomic E-state index is -0.197. The molecular weight excluding hydrogens is 478 g/mol. The Morgan fingerprint density at radius 3 is 1.62 bits per heavy atom. The molecule has 0 radical (unpaired) electrons. The molecule has 0 aromatic heterocycles. The molecule has 4 aromatic rings. The van der Waals surface area contributed by atoms with E-state index in [0.29, 0.717) is 11.1 Å². The van der Waals surface area contributed by atoms with Crippen molar-refractivity contribution in [3.05, 3.63) is 167 Å². The van der Waals surface area contributed by atoms with Gasteiger partial charge < -0.3 is 4.90 Å². The maximum absolute atomic E-state index is 13.3. The maximum Gasteiger partial charge on any atom is 0.197 e. The van der Waals surface area contributed by atoms with Gasteiger partial charge in [-0.05, 0) is 41.1 Å². The van der Waals surface area contributed by atoms with Crippen molar-refractivity contribution in [3.63, 3.8) is 0 Å². The molecule has 0 heterocycles. The first-order chi connectivity index (χ1) is 19.2. The molecular formula is C36H25NO2. The summed E-state index contributed by atoms with van der Waals surface area (Å²) in [6.07, 6.45) is 10.4. The number of allylic oxidation sites excluding steroid dienone is 5. The summed E-state index contributed by atoms with van der Waals surface area (Å²) in [6, 6.07) is 36.3. The lowest BCUT2D eigenvalue weighted by Gasteiger charge is -2.38. The number of carbonyl (C=O) groups is 2. The van der Waals surface area contributed by atoms with E-state index in [1.165, 1.54) is 5.70 Å². The van der Waals surface area contributed by atoms with Gasteiger partial charge in [0.05, 0.1) is 5.57 Å². The molecule has 0 spiro atoms. The summed E-state index contributed by atoms with van der Waals surface area (Å²) in [5, 5.41) is 2.13. The number of carbonyl (C=O) groups excluding carboxylic acids is 2. The van der Waals surface area contributed by atoms with E-state index in [-0.39, 0.29) is 29.0 Å². The summed E-state index contributed by atoms with van der Waals surface area (Å²) in [5.41, 5.74) is 5.53. The lowest BCUT2D eigenvalue weighted by Crippen LogP contribution is -2.44. The van der Waals surface area contributed by atoms with Crippen LogP contribution >= 0.6 is 0 Å². The summed E-state index contributed by atoms with van der Waals surface area (Å²) >= 11 is 0. The molecule has 4 aromatic carbocycles. The Morgan fingerprint density at radius 1 is 0.538 bits per heavy atom. The van der Waals surface area contributed by atoms with Gasteiger partial charge in [0.2, 0.25) is 0 Å². The van der Waals surface area contributed by atoms with Crippen molar-refractivity contribution < 1.29 is 9.59 Å². The van der Waals surface area contributed by atoms with Crippen LogP contribution < -0.4 is 15.3 Å². The summed E-state index contributed by atoms with van der Waals surface area (Å²) in [7, 11) is 0. The van der Waals surface area contributed by atoms with Crippen LogP contribution in [0.4, 0.5) is 11.4 Å². The van der Waals surface area contributed by atoms with Crippen molar-refractivity contribution in [2.24, 2.45) is 11.8 Å². The fourth-order valence-electron chi connectivity index (χ4n) is 6.07. The molecule has 3 nitrogen and oxygen atoms in total. The molecule has 0 saturated heterocycles. The van der Waals surface area contributed by atoms with E-state index in [0.717, 1.165) is 27.4 Å². The molecule has 3 aliphatic rings. The second kappa shape index (κ2) is 9.38. The number of benzene rings is 4. The molecule has 186 valence electrons. The average Bonchev–Trinajstić information content (AvgIpc) is 3.24. The largest absolute Gasteiger partial charge is 0.313 e. The van der Waals surface area contributed by atoms with Crippen molar-refractivity contribution in [1.29, 1.82) is 0 Å². The molecule has 0 bridgehead atoms. The van der Waals surface area contributed by atoms with Crippen LogP contribution in [-0.2, 0) is 0 Å². The maximum atomic E-state index is 13.3. The highest BCUT2D eigenvalue weighted by Crippen LogP contribution is 2.42.